The summed E-state index contributed by atoms with van der Waals surface area (Å²) in [4.78, 5) is 0. The highest BCUT2D eigenvalue weighted by Crippen LogP contribution is 2.55. The molecule has 308 valence electrons. The van der Waals surface area contributed by atoms with Gasteiger partial charge in [0.1, 0.15) is 0 Å². The van der Waals surface area contributed by atoms with E-state index in [0.29, 0.717) is 0 Å². The standard InChI is InChI=1S/C66H44/c1-66(51-34-32-45-22-8-9-23-46(45)41-51)62-31-17-16-26-55(62)56-35-33-47(42-63(56)66)64-57-27-12-14-29-59(57)65(60-30-15-13-28-58(60)64)61-37-36-52(53-24-10-11-25-54(53)61)50-39-48(43-18-4-2-5-19-43)38-49(40-50)44-20-6-3-7-21-44/h2-42H,1H3. The van der Waals surface area contributed by atoms with Gasteiger partial charge in [-0.2, -0.15) is 0 Å². The lowest BCUT2D eigenvalue weighted by molar-refractivity contribution is 0.715. The van der Waals surface area contributed by atoms with E-state index in [9.17, 15) is 0 Å². The second kappa shape index (κ2) is 15.2. The second-order valence-corrected chi connectivity index (χ2v) is 18.1. The smallest absolute Gasteiger partial charge is 0.0435 e. The summed E-state index contributed by atoms with van der Waals surface area (Å²) < 4.78 is 0. The largest absolute Gasteiger partial charge is 0.0622 e. The molecule has 66 heavy (non-hydrogen) atoms. The second-order valence-electron chi connectivity index (χ2n) is 18.1. The minimum Gasteiger partial charge on any atom is -0.0622 e. The molecule has 0 radical (unpaired) electrons. The van der Waals surface area contributed by atoms with Gasteiger partial charge in [-0.1, -0.05) is 218 Å². The summed E-state index contributed by atoms with van der Waals surface area (Å²) in [7, 11) is 0. The SMILES string of the molecule is CC1(c2ccc3ccccc3c2)c2ccccc2-c2ccc(-c3c4ccccc4c(-c4ccc(-c5cc(-c6ccccc6)cc(-c6ccccc6)c5)c5ccccc45)c4ccccc34)cc21. The predicted molar refractivity (Wildman–Crippen MR) is 281 cm³/mol. The average Bonchev–Trinajstić information content (AvgIpc) is 3.65. The van der Waals surface area contributed by atoms with E-state index >= 15 is 0 Å². The summed E-state index contributed by atoms with van der Waals surface area (Å²) in [6.07, 6.45) is 0. The minimum absolute atomic E-state index is 0.333. The molecule has 0 nitrogen and oxygen atoms in total. The van der Waals surface area contributed by atoms with Gasteiger partial charge in [0.15, 0.2) is 0 Å². The fraction of sp³-hybridized carbons (Fsp3) is 0.0303. The molecule has 0 saturated carbocycles. The van der Waals surface area contributed by atoms with Gasteiger partial charge in [0, 0.05) is 5.41 Å². The molecule has 1 atom stereocenters. The highest BCUT2D eigenvalue weighted by molar-refractivity contribution is 6.24. The summed E-state index contributed by atoms with van der Waals surface area (Å²) in [5.41, 5.74) is 18.6. The van der Waals surface area contributed by atoms with Crippen LogP contribution in [0.15, 0.2) is 249 Å². The lowest BCUT2D eigenvalue weighted by Crippen LogP contribution is -2.22. The first-order chi connectivity index (χ1) is 32.6. The van der Waals surface area contributed by atoms with Crippen LogP contribution in [0.2, 0.25) is 0 Å². The van der Waals surface area contributed by atoms with Gasteiger partial charge in [-0.05, 0) is 164 Å². The van der Waals surface area contributed by atoms with Crippen molar-refractivity contribution >= 4 is 43.1 Å². The van der Waals surface area contributed by atoms with Gasteiger partial charge in [-0.25, -0.2) is 0 Å². The Kier molecular flexibility index (Phi) is 8.76. The Bertz CT molecular complexity index is 3760. The van der Waals surface area contributed by atoms with E-state index in [1.54, 1.807) is 0 Å². The van der Waals surface area contributed by atoms with Crippen LogP contribution in [0.5, 0.6) is 0 Å². The van der Waals surface area contributed by atoms with Crippen molar-refractivity contribution in [2.75, 3.05) is 0 Å². The van der Waals surface area contributed by atoms with Gasteiger partial charge < -0.3 is 0 Å². The summed E-state index contributed by atoms with van der Waals surface area (Å²) in [5.74, 6) is 0. The molecule has 1 unspecified atom stereocenters. The number of hydrogen-bond donors (Lipinski definition) is 0. The highest BCUT2D eigenvalue weighted by atomic mass is 14.4. The first-order valence-corrected chi connectivity index (χ1v) is 23.1. The molecule has 1 aliphatic rings. The molecule has 0 fully saturated rings. The molecule has 0 aliphatic heterocycles. The van der Waals surface area contributed by atoms with Crippen LogP contribution in [-0.4, -0.2) is 0 Å². The van der Waals surface area contributed by atoms with Crippen LogP contribution >= 0.6 is 0 Å². The Hall–Kier alpha value is -8.32. The lowest BCUT2D eigenvalue weighted by atomic mass is 9.73. The van der Waals surface area contributed by atoms with Crippen molar-refractivity contribution in [1.82, 2.24) is 0 Å². The fourth-order valence-corrected chi connectivity index (χ4v) is 11.3. The Labute approximate surface area is 385 Å². The number of benzene rings is 12. The minimum atomic E-state index is -0.333. The third-order valence-electron chi connectivity index (χ3n) is 14.5. The summed E-state index contributed by atoms with van der Waals surface area (Å²) in [6.45, 7) is 2.43. The van der Waals surface area contributed by atoms with Gasteiger partial charge in [0.05, 0.1) is 0 Å². The maximum atomic E-state index is 2.51. The molecule has 12 aromatic carbocycles. The zero-order chi connectivity index (χ0) is 43.8. The van der Waals surface area contributed by atoms with Gasteiger partial charge in [-0.3, -0.25) is 0 Å². The van der Waals surface area contributed by atoms with Crippen molar-refractivity contribution in [3.05, 3.63) is 265 Å². The van der Waals surface area contributed by atoms with Crippen LogP contribution in [-0.2, 0) is 5.41 Å². The van der Waals surface area contributed by atoms with Crippen LogP contribution < -0.4 is 0 Å². The van der Waals surface area contributed by atoms with E-state index in [1.807, 2.05) is 0 Å². The predicted octanol–water partition coefficient (Wildman–Crippen LogP) is 18.0. The summed E-state index contributed by atoms with van der Waals surface area (Å²) in [6, 6.07) is 92.5. The van der Waals surface area contributed by atoms with Crippen molar-refractivity contribution in [2.45, 2.75) is 12.3 Å². The molecule has 0 N–H and O–H groups in total. The van der Waals surface area contributed by atoms with E-state index in [4.69, 9.17) is 0 Å². The topological polar surface area (TPSA) is 0 Å². The molecule has 0 saturated heterocycles. The van der Waals surface area contributed by atoms with Crippen LogP contribution in [0, 0.1) is 0 Å². The number of hydrogen-bond acceptors (Lipinski definition) is 0. The van der Waals surface area contributed by atoms with Gasteiger partial charge in [-0.15, -0.1) is 0 Å². The first kappa shape index (κ1) is 38.2. The summed E-state index contributed by atoms with van der Waals surface area (Å²) in [5, 5.41) is 10.0. The normalized spacial score (nSPS) is 14.2. The van der Waals surface area contributed by atoms with Crippen LogP contribution in [0.25, 0.3) is 110 Å². The van der Waals surface area contributed by atoms with Crippen molar-refractivity contribution in [1.29, 1.82) is 0 Å². The molecular weight excluding hydrogens is 793 g/mol. The Morgan fingerprint density at radius 3 is 1.36 bits per heavy atom. The molecule has 0 amide bonds. The van der Waals surface area contributed by atoms with E-state index in [-0.39, 0.29) is 5.41 Å². The fourth-order valence-electron chi connectivity index (χ4n) is 11.3. The summed E-state index contributed by atoms with van der Waals surface area (Å²) >= 11 is 0. The Morgan fingerprint density at radius 1 is 0.242 bits per heavy atom. The Morgan fingerprint density at radius 2 is 0.712 bits per heavy atom. The molecule has 0 heterocycles. The van der Waals surface area contributed by atoms with Gasteiger partial charge in [0.25, 0.3) is 0 Å². The molecule has 0 spiro atoms. The van der Waals surface area contributed by atoms with Crippen molar-refractivity contribution in [3.63, 3.8) is 0 Å². The van der Waals surface area contributed by atoms with E-state index in [2.05, 4.69) is 256 Å². The quantitative estimate of drug-likeness (QED) is 0.146. The van der Waals surface area contributed by atoms with Gasteiger partial charge >= 0.3 is 0 Å². The van der Waals surface area contributed by atoms with Crippen LogP contribution in [0.1, 0.15) is 23.6 Å². The zero-order valence-electron chi connectivity index (χ0n) is 36.7. The lowest BCUT2D eigenvalue weighted by Gasteiger charge is -2.29. The first-order valence-electron chi connectivity index (χ1n) is 23.1. The molecule has 0 bridgehead atoms. The Balaban J connectivity index is 1.02. The molecule has 12 aromatic rings. The number of rotatable bonds is 6. The van der Waals surface area contributed by atoms with Crippen LogP contribution in [0.3, 0.4) is 0 Å². The maximum Gasteiger partial charge on any atom is 0.0435 e. The van der Waals surface area contributed by atoms with Crippen molar-refractivity contribution < 1.29 is 0 Å². The van der Waals surface area contributed by atoms with E-state index in [0.717, 1.165) is 0 Å². The van der Waals surface area contributed by atoms with E-state index in [1.165, 1.54) is 127 Å². The molecule has 1 aliphatic carbocycles. The number of fused-ring (bicyclic) bond motifs is 7. The zero-order valence-corrected chi connectivity index (χ0v) is 36.7. The van der Waals surface area contributed by atoms with Crippen LogP contribution in [0.4, 0.5) is 0 Å². The maximum absolute atomic E-state index is 2.51. The monoisotopic (exact) mass is 836 g/mol. The molecule has 0 heteroatoms. The molecule has 0 aromatic heterocycles. The van der Waals surface area contributed by atoms with Crippen molar-refractivity contribution in [2.24, 2.45) is 0 Å². The van der Waals surface area contributed by atoms with Gasteiger partial charge in [0.2, 0.25) is 0 Å². The highest BCUT2D eigenvalue weighted by Gasteiger charge is 2.41. The average molecular weight is 837 g/mol. The van der Waals surface area contributed by atoms with Crippen molar-refractivity contribution in [3.8, 4) is 66.8 Å². The third kappa shape index (κ3) is 5.92. The molecular formula is C66H44. The third-order valence-corrected chi connectivity index (χ3v) is 14.5. The van der Waals surface area contributed by atoms with E-state index < -0.39 is 0 Å². The molecule has 13 rings (SSSR count).